The van der Waals surface area contributed by atoms with Crippen LogP contribution < -0.4 is 15.4 Å². The Hall–Kier alpha value is -2.04. The summed E-state index contributed by atoms with van der Waals surface area (Å²) in [6.07, 6.45) is -0.589. The number of carbonyl (C=O) groups excluding carboxylic acids is 2. The van der Waals surface area contributed by atoms with E-state index >= 15 is 0 Å². The van der Waals surface area contributed by atoms with Crippen molar-refractivity contribution in [2.45, 2.75) is 20.0 Å². The van der Waals surface area contributed by atoms with Crippen molar-refractivity contribution in [3.63, 3.8) is 0 Å². The molecule has 17 heavy (non-hydrogen) atoms. The number of carbonyl (C=O) groups is 2. The maximum absolute atomic E-state index is 11.8. The molecule has 0 radical (unpaired) electrons. The third kappa shape index (κ3) is 1.73. The maximum Gasteiger partial charge on any atom is 0.267 e. The average Bonchev–Trinajstić information content (AvgIpc) is 2.26. The average molecular weight is 234 g/mol. The minimum absolute atomic E-state index is 0.136. The lowest BCUT2D eigenvalue weighted by molar-refractivity contribution is -0.125. The molecule has 0 saturated heterocycles. The molecule has 0 spiro atoms. The van der Waals surface area contributed by atoms with Crippen LogP contribution in [0.5, 0.6) is 5.75 Å². The Morgan fingerprint density at radius 2 is 2.12 bits per heavy atom. The van der Waals surface area contributed by atoms with Crippen molar-refractivity contribution < 1.29 is 14.3 Å². The summed E-state index contributed by atoms with van der Waals surface area (Å²) in [7, 11) is 1.64. The molecule has 2 N–H and O–H groups in total. The van der Waals surface area contributed by atoms with Gasteiger partial charge in [0.05, 0.1) is 11.3 Å². The van der Waals surface area contributed by atoms with E-state index in [9.17, 15) is 9.59 Å². The molecule has 90 valence electrons. The van der Waals surface area contributed by atoms with Gasteiger partial charge in [0.1, 0.15) is 0 Å². The highest BCUT2D eigenvalue weighted by Gasteiger charge is 2.31. The first-order chi connectivity index (χ1) is 7.91. The molecule has 1 aliphatic heterocycles. The monoisotopic (exact) mass is 234 g/mol. The van der Waals surface area contributed by atoms with Crippen molar-refractivity contribution in [3.05, 3.63) is 17.7 Å². The van der Waals surface area contributed by atoms with Crippen LogP contribution in [0.25, 0.3) is 0 Å². The van der Waals surface area contributed by atoms with Crippen molar-refractivity contribution >= 4 is 23.1 Å². The molecule has 0 aromatic heterocycles. The van der Waals surface area contributed by atoms with Gasteiger partial charge in [0, 0.05) is 12.7 Å². The highest BCUT2D eigenvalue weighted by atomic mass is 16.5. The van der Waals surface area contributed by atoms with Crippen LogP contribution in [0.2, 0.25) is 0 Å². The van der Waals surface area contributed by atoms with E-state index in [1.165, 1.54) is 11.8 Å². The maximum atomic E-state index is 11.8. The fraction of sp³-hybridized carbons (Fsp3) is 0.333. The molecule has 0 fully saturated rings. The lowest BCUT2D eigenvalue weighted by Crippen LogP contribution is -2.42. The smallest absolute Gasteiger partial charge is 0.267 e. The third-order valence-corrected chi connectivity index (χ3v) is 2.81. The number of ether oxygens (including phenoxy) is 1. The van der Waals surface area contributed by atoms with Crippen LogP contribution in [0, 0.1) is 0 Å². The Morgan fingerprint density at radius 1 is 1.47 bits per heavy atom. The summed E-state index contributed by atoms with van der Waals surface area (Å²) in [4.78, 5) is 24.7. The van der Waals surface area contributed by atoms with Crippen LogP contribution >= 0.6 is 0 Å². The Morgan fingerprint density at radius 3 is 2.71 bits per heavy atom. The fourth-order valence-corrected chi connectivity index (χ4v) is 1.89. The second-order valence-corrected chi connectivity index (χ2v) is 4.13. The van der Waals surface area contributed by atoms with E-state index in [1.807, 2.05) is 0 Å². The van der Waals surface area contributed by atoms with E-state index in [0.717, 1.165) is 0 Å². The van der Waals surface area contributed by atoms with Crippen LogP contribution in [-0.4, -0.2) is 24.8 Å². The van der Waals surface area contributed by atoms with Gasteiger partial charge in [0.25, 0.3) is 5.91 Å². The molecule has 1 heterocycles. The van der Waals surface area contributed by atoms with Crippen LogP contribution in [0.15, 0.2) is 12.1 Å². The molecule has 1 atom stereocenters. The normalized spacial score (nSPS) is 18.6. The molecule has 1 unspecified atom stereocenters. The number of anilines is 2. The van der Waals surface area contributed by atoms with E-state index < -0.39 is 6.10 Å². The first-order valence-electron chi connectivity index (χ1n) is 5.30. The highest BCUT2D eigenvalue weighted by molar-refractivity contribution is 6.05. The van der Waals surface area contributed by atoms with Crippen molar-refractivity contribution in [2.75, 3.05) is 17.7 Å². The van der Waals surface area contributed by atoms with Gasteiger partial charge in [0.15, 0.2) is 17.6 Å². The predicted molar refractivity (Wildman–Crippen MR) is 64.4 cm³/mol. The Kier molecular flexibility index (Phi) is 2.53. The Bertz CT molecular complexity index is 511. The van der Waals surface area contributed by atoms with E-state index in [2.05, 4.69) is 0 Å². The topological polar surface area (TPSA) is 72.6 Å². The quantitative estimate of drug-likeness (QED) is 0.585. The molecule has 1 aliphatic rings. The van der Waals surface area contributed by atoms with E-state index in [-0.39, 0.29) is 11.7 Å². The van der Waals surface area contributed by atoms with E-state index in [0.29, 0.717) is 22.7 Å². The summed E-state index contributed by atoms with van der Waals surface area (Å²) in [5.41, 5.74) is 7.10. The zero-order valence-corrected chi connectivity index (χ0v) is 9.98. The summed E-state index contributed by atoms with van der Waals surface area (Å²) in [5.74, 6) is 0.141. The minimum Gasteiger partial charge on any atom is -0.478 e. The number of benzene rings is 1. The predicted octanol–water partition coefficient (Wildman–Crippen LogP) is 1.22. The van der Waals surface area contributed by atoms with Gasteiger partial charge in [0.2, 0.25) is 0 Å². The SMILES string of the molecule is CC(=O)c1cc(N)cc2c1OC(C)C(=O)N2C. The van der Waals surface area contributed by atoms with Crippen molar-refractivity contribution in [3.8, 4) is 5.75 Å². The molecule has 1 aromatic carbocycles. The number of nitrogens with two attached hydrogens (primary N) is 1. The van der Waals surface area contributed by atoms with E-state index in [1.54, 1.807) is 26.1 Å². The lowest BCUT2D eigenvalue weighted by atomic mass is 10.1. The van der Waals surface area contributed by atoms with Crippen LogP contribution in [0.1, 0.15) is 24.2 Å². The molecule has 2 rings (SSSR count). The number of hydrogen-bond acceptors (Lipinski definition) is 4. The molecule has 1 amide bonds. The summed E-state index contributed by atoms with van der Waals surface area (Å²) in [6.45, 7) is 3.10. The first kappa shape index (κ1) is 11.4. The highest BCUT2D eigenvalue weighted by Crippen LogP contribution is 2.38. The van der Waals surface area contributed by atoms with Gasteiger partial charge in [-0.05, 0) is 26.0 Å². The second-order valence-electron chi connectivity index (χ2n) is 4.13. The number of Topliss-reactive ketones (excluding diaryl/α,β-unsaturated/α-hetero) is 1. The molecular formula is C12H14N2O3. The number of likely N-dealkylation sites (N-methyl/N-ethyl adjacent to an activating group) is 1. The number of hydrogen-bond donors (Lipinski definition) is 1. The number of ketones is 1. The zero-order chi connectivity index (χ0) is 12.7. The van der Waals surface area contributed by atoms with Crippen molar-refractivity contribution in [1.29, 1.82) is 0 Å². The number of rotatable bonds is 1. The van der Waals surface area contributed by atoms with Gasteiger partial charge in [-0.2, -0.15) is 0 Å². The molecule has 1 aromatic rings. The van der Waals surface area contributed by atoms with Crippen LogP contribution in [-0.2, 0) is 4.79 Å². The van der Waals surface area contributed by atoms with Crippen LogP contribution in [0.3, 0.4) is 0 Å². The van der Waals surface area contributed by atoms with Gasteiger partial charge >= 0.3 is 0 Å². The van der Waals surface area contributed by atoms with Gasteiger partial charge in [-0.1, -0.05) is 0 Å². The number of nitrogens with zero attached hydrogens (tertiary/aromatic N) is 1. The summed E-state index contributed by atoms with van der Waals surface area (Å²) in [5, 5.41) is 0. The number of fused-ring (bicyclic) bond motifs is 1. The molecule has 5 nitrogen and oxygen atoms in total. The molecule has 0 saturated carbocycles. The van der Waals surface area contributed by atoms with Gasteiger partial charge in [-0.25, -0.2) is 0 Å². The summed E-state index contributed by atoms with van der Waals surface area (Å²) < 4.78 is 5.49. The Balaban J connectivity index is 2.66. The third-order valence-electron chi connectivity index (χ3n) is 2.81. The van der Waals surface area contributed by atoms with Gasteiger partial charge < -0.3 is 15.4 Å². The standard InChI is InChI=1S/C12H14N2O3/c1-6(15)9-4-8(13)5-10-11(9)17-7(2)12(16)14(10)3/h4-5,7H,13H2,1-3H3. The Labute approximate surface area is 99.2 Å². The number of amides is 1. The molecule has 0 aliphatic carbocycles. The molecular weight excluding hydrogens is 220 g/mol. The van der Waals surface area contributed by atoms with Crippen molar-refractivity contribution in [1.82, 2.24) is 0 Å². The summed E-state index contributed by atoms with van der Waals surface area (Å²) >= 11 is 0. The fourth-order valence-electron chi connectivity index (χ4n) is 1.89. The zero-order valence-electron chi connectivity index (χ0n) is 9.98. The first-order valence-corrected chi connectivity index (χ1v) is 5.30. The number of nitrogen functional groups attached to an aromatic ring is 1. The minimum atomic E-state index is -0.589. The molecule has 0 bridgehead atoms. The second kappa shape index (κ2) is 3.76. The molecule has 5 heteroatoms. The van der Waals surface area contributed by atoms with E-state index in [4.69, 9.17) is 10.5 Å². The van der Waals surface area contributed by atoms with Crippen LogP contribution in [0.4, 0.5) is 11.4 Å². The van der Waals surface area contributed by atoms with Gasteiger partial charge in [-0.3, -0.25) is 9.59 Å². The lowest BCUT2D eigenvalue weighted by Gasteiger charge is -2.31. The van der Waals surface area contributed by atoms with Crippen molar-refractivity contribution in [2.24, 2.45) is 0 Å². The summed E-state index contributed by atoms with van der Waals surface area (Å²) in [6, 6.07) is 3.20. The van der Waals surface area contributed by atoms with Gasteiger partial charge in [-0.15, -0.1) is 0 Å². The largest absolute Gasteiger partial charge is 0.478 e.